The summed E-state index contributed by atoms with van der Waals surface area (Å²) in [6.07, 6.45) is 3.05. The molecule has 0 fully saturated rings. The van der Waals surface area contributed by atoms with Gasteiger partial charge in [-0.25, -0.2) is 0 Å². The number of aryl methyl sites for hydroxylation is 1. The van der Waals surface area contributed by atoms with E-state index in [4.69, 9.17) is 9.29 Å². The molecule has 18 heavy (non-hydrogen) atoms. The summed E-state index contributed by atoms with van der Waals surface area (Å²) in [5, 5.41) is 0. The lowest BCUT2D eigenvalue weighted by molar-refractivity contribution is 0.129. The Morgan fingerprint density at radius 3 is 2.33 bits per heavy atom. The van der Waals surface area contributed by atoms with Crippen LogP contribution in [0.1, 0.15) is 24.8 Å². The molecule has 0 spiro atoms. The minimum absolute atomic E-state index is 0.180. The molecule has 0 saturated carbocycles. The van der Waals surface area contributed by atoms with E-state index in [0.717, 1.165) is 12.8 Å². The molecule has 1 N–H and O–H groups in total. The Kier molecular flexibility index (Phi) is 6.93. The van der Waals surface area contributed by atoms with Crippen LogP contribution in [0.25, 0.3) is 0 Å². The Morgan fingerprint density at radius 1 is 1.00 bits per heavy atom. The number of rotatable bonds is 9. The highest BCUT2D eigenvalue weighted by molar-refractivity contribution is 7.85. The monoisotopic (exact) mass is 272 g/mol. The van der Waals surface area contributed by atoms with Crippen molar-refractivity contribution in [2.75, 3.05) is 19.0 Å². The van der Waals surface area contributed by atoms with Crippen molar-refractivity contribution in [1.82, 2.24) is 0 Å². The fraction of sp³-hybridized carbons (Fsp3) is 0.538. The molecule has 5 heteroatoms. The van der Waals surface area contributed by atoms with E-state index in [-0.39, 0.29) is 5.75 Å². The van der Waals surface area contributed by atoms with Gasteiger partial charge in [0.2, 0.25) is 0 Å². The third-order valence-electron chi connectivity index (χ3n) is 2.54. The molecule has 0 aromatic heterocycles. The van der Waals surface area contributed by atoms with Crippen molar-refractivity contribution < 1.29 is 17.7 Å². The van der Waals surface area contributed by atoms with Crippen molar-refractivity contribution in [1.29, 1.82) is 0 Å². The topological polar surface area (TPSA) is 63.6 Å². The van der Waals surface area contributed by atoms with Gasteiger partial charge in [-0.1, -0.05) is 30.3 Å². The van der Waals surface area contributed by atoms with Crippen LogP contribution in [0.3, 0.4) is 0 Å². The highest BCUT2D eigenvalue weighted by Gasteiger charge is 2.02. The Labute approximate surface area is 109 Å². The van der Waals surface area contributed by atoms with E-state index < -0.39 is 10.1 Å². The fourth-order valence-corrected chi connectivity index (χ4v) is 2.18. The third kappa shape index (κ3) is 8.22. The molecule has 0 atom stereocenters. The maximum absolute atomic E-state index is 10.4. The summed E-state index contributed by atoms with van der Waals surface area (Å²) in [4.78, 5) is 0. The second-order valence-corrected chi connectivity index (χ2v) is 5.77. The molecular formula is C13H20O4S. The summed E-state index contributed by atoms with van der Waals surface area (Å²) in [6.45, 7) is 1.23. The van der Waals surface area contributed by atoms with Crippen LogP contribution < -0.4 is 0 Å². The molecule has 0 aliphatic rings. The van der Waals surface area contributed by atoms with Crippen molar-refractivity contribution in [3.8, 4) is 0 Å². The van der Waals surface area contributed by atoms with E-state index >= 15 is 0 Å². The van der Waals surface area contributed by atoms with Crippen molar-refractivity contribution in [3.63, 3.8) is 0 Å². The van der Waals surface area contributed by atoms with E-state index in [1.54, 1.807) is 0 Å². The Bertz CT molecular complexity index is 414. The van der Waals surface area contributed by atoms with Gasteiger partial charge in [-0.15, -0.1) is 0 Å². The second kappa shape index (κ2) is 8.24. The molecule has 0 unspecified atom stereocenters. The van der Waals surface area contributed by atoms with Crippen LogP contribution in [-0.2, 0) is 21.3 Å². The normalized spacial score (nSPS) is 11.6. The minimum atomic E-state index is -3.81. The summed E-state index contributed by atoms with van der Waals surface area (Å²) >= 11 is 0. The summed E-state index contributed by atoms with van der Waals surface area (Å²) < 4.78 is 34.8. The average molecular weight is 272 g/mol. The summed E-state index contributed by atoms with van der Waals surface area (Å²) in [6, 6.07) is 10.2. The number of hydrogen-bond acceptors (Lipinski definition) is 3. The molecule has 0 aliphatic carbocycles. The van der Waals surface area contributed by atoms with Gasteiger partial charge in [0.25, 0.3) is 10.1 Å². The first-order valence-electron chi connectivity index (χ1n) is 6.15. The predicted octanol–water partition coefficient (Wildman–Crippen LogP) is 2.30. The standard InChI is InChI=1S/C13H20O4S/c14-18(15,16)12-5-4-10-17-11-6-9-13-7-2-1-3-8-13/h1-3,7-8H,4-6,9-12H2,(H,14,15,16). The van der Waals surface area contributed by atoms with Gasteiger partial charge >= 0.3 is 0 Å². The zero-order valence-corrected chi connectivity index (χ0v) is 11.2. The van der Waals surface area contributed by atoms with E-state index in [9.17, 15) is 8.42 Å². The lowest BCUT2D eigenvalue weighted by atomic mass is 10.1. The molecule has 0 bridgehead atoms. The molecule has 1 rings (SSSR count). The quantitative estimate of drug-likeness (QED) is 0.553. The maximum Gasteiger partial charge on any atom is 0.264 e. The lowest BCUT2D eigenvalue weighted by Gasteiger charge is -2.04. The van der Waals surface area contributed by atoms with E-state index in [0.29, 0.717) is 26.1 Å². The van der Waals surface area contributed by atoms with Gasteiger partial charge < -0.3 is 4.74 Å². The maximum atomic E-state index is 10.4. The first-order chi connectivity index (χ1) is 8.58. The molecular weight excluding hydrogens is 252 g/mol. The molecule has 0 aliphatic heterocycles. The van der Waals surface area contributed by atoms with Crippen LogP contribution in [0, 0.1) is 0 Å². The molecule has 1 aromatic carbocycles. The van der Waals surface area contributed by atoms with Crippen LogP contribution in [0.15, 0.2) is 30.3 Å². The number of unbranched alkanes of at least 4 members (excludes halogenated alkanes) is 1. The van der Waals surface area contributed by atoms with Gasteiger partial charge in [-0.3, -0.25) is 4.55 Å². The predicted molar refractivity (Wildman–Crippen MR) is 71.2 cm³/mol. The second-order valence-electron chi connectivity index (χ2n) is 4.19. The molecule has 0 radical (unpaired) electrons. The van der Waals surface area contributed by atoms with Gasteiger partial charge in [0.1, 0.15) is 0 Å². The zero-order chi connectivity index (χ0) is 13.3. The fourth-order valence-electron chi connectivity index (χ4n) is 1.61. The lowest BCUT2D eigenvalue weighted by Crippen LogP contribution is -2.05. The van der Waals surface area contributed by atoms with Crippen LogP contribution >= 0.6 is 0 Å². The summed E-state index contributed by atoms with van der Waals surface area (Å²) in [5.41, 5.74) is 1.30. The average Bonchev–Trinajstić information content (AvgIpc) is 2.32. The van der Waals surface area contributed by atoms with Crippen LogP contribution in [0.5, 0.6) is 0 Å². The number of benzene rings is 1. The molecule has 1 aromatic rings. The number of hydrogen-bond donors (Lipinski definition) is 1. The smallest absolute Gasteiger partial charge is 0.264 e. The van der Waals surface area contributed by atoms with Gasteiger partial charge in [0.05, 0.1) is 5.75 Å². The highest BCUT2D eigenvalue weighted by atomic mass is 32.2. The minimum Gasteiger partial charge on any atom is -0.381 e. The van der Waals surface area contributed by atoms with E-state index in [2.05, 4.69) is 12.1 Å². The van der Waals surface area contributed by atoms with E-state index in [1.165, 1.54) is 5.56 Å². The van der Waals surface area contributed by atoms with Gasteiger partial charge in [0.15, 0.2) is 0 Å². The SMILES string of the molecule is O=S(=O)(O)CCCCOCCCc1ccccc1. The van der Waals surface area contributed by atoms with Crippen LogP contribution in [0.2, 0.25) is 0 Å². The van der Waals surface area contributed by atoms with Gasteiger partial charge in [-0.2, -0.15) is 8.42 Å². The first kappa shape index (κ1) is 15.1. The van der Waals surface area contributed by atoms with Crippen LogP contribution in [0.4, 0.5) is 0 Å². The van der Waals surface area contributed by atoms with E-state index in [1.807, 2.05) is 18.2 Å². The van der Waals surface area contributed by atoms with Crippen molar-refractivity contribution in [2.24, 2.45) is 0 Å². The molecule has 0 saturated heterocycles. The molecule has 4 nitrogen and oxygen atoms in total. The Morgan fingerprint density at radius 2 is 1.67 bits per heavy atom. The van der Waals surface area contributed by atoms with Gasteiger partial charge in [-0.05, 0) is 31.2 Å². The zero-order valence-electron chi connectivity index (χ0n) is 10.4. The highest BCUT2D eigenvalue weighted by Crippen LogP contribution is 2.02. The van der Waals surface area contributed by atoms with Crippen molar-refractivity contribution in [3.05, 3.63) is 35.9 Å². The third-order valence-corrected chi connectivity index (χ3v) is 3.34. The van der Waals surface area contributed by atoms with Crippen molar-refractivity contribution >= 4 is 10.1 Å². The molecule has 0 heterocycles. The van der Waals surface area contributed by atoms with Crippen molar-refractivity contribution in [2.45, 2.75) is 25.7 Å². The number of ether oxygens (including phenoxy) is 1. The largest absolute Gasteiger partial charge is 0.381 e. The molecule has 102 valence electrons. The Balaban J connectivity index is 1.93. The summed E-state index contributed by atoms with van der Waals surface area (Å²) in [5.74, 6) is -0.180. The summed E-state index contributed by atoms with van der Waals surface area (Å²) in [7, 11) is -3.81. The Hall–Kier alpha value is -0.910. The molecule has 0 amide bonds. The van der Waals surface area contributed by atoms with Crippen LogP contribution in [-0.4, -0.2) is 31.9 Å². The first-order valence-corrected chi connectivity index (χ1v) is 7.76. The van der Waals surface area contributed by atoms with Gasteiger partial charge in [0, 0.05) is 13.2 Å².